The maximum Gasteiger partial charge on any atom is 0.419 e. The van der Waals surface area contributed by atoms with Crippen LogP contribution in [0, 0.1) is 11.3 Å². The summed E-state index contributed by atoms with van der Waals surface area (Å²) < 4.78 is 53.1. The van der Waals surface area contributed by atoms with Crippen molar-refractivity contribution in [2.24, 2.45) is 0 Å². The van der Waals surface area contributed by atoms with Crippen LogP contribution in [0.25, 0.3) is 0 Å². The largest absolute Gasteiger partial charge is 0.489 e. The predicted molar refractivity (Wildman–Crippen MR) is 180 cm³/mol. The number of alkyl halides is 3. The monoisotopic (exact) mass is 688 g/mol. The number of benzene rings is 1. The van der Waals surface area contributed by atoms with E-state index in [0.717, 1.165) is 22.7 Å². The number of nitriles is 1. The van der Waals surface area contributed by atoms with Crippen LogP contribution in [-0.4, -0.2) is 80.9 Å². The van der Waals surface area contributed by atoms with Crippen molar-refractivity contribution in [3.63, 3.8) is 0 Å². The molecule has 0 bridgehead atoms. The van der Waals surface area contributed by atoms with Crippen LogP contribution in [0.2, 0.25) is 0 Å². The Bertz CT molecular complexity index is 1610. The van der Waals surface area contributed by atoms with Crippen LogP contribution in [0.1, 0.15) is 79.1 Å². The Morgan fingerprint density at radius 3 is 2.31 bits per heavy atom. The van der Waals surface area contributed by atoms with E-state index in [1.807, 2.05) is 60.6 Å². The number of piperazine rings is 1. The molecule has 2 aromatic rings. The minimum atomic E-state index is -4.85. The first-order valence-corrected chi connectivity index (χ1v) is 16.3. The molecule has 2 saturated heterocycles. The molecular weight excluding hydrogens is 645 g/mol. The van der Waals surface area contributed by atoms with E-state index >= 15 is 0 Å². The number of rotatable bonds is 7. The zero-order chi connectivity index (χ0) is 35.9. The van der Waals surface area contributed by atoms with Gasteiger partial charge < -0.3 is 19.3 Å². The zero-order valence-electron chi connectivity index (χ0n) is 28.8. The van der Waals surface area contributed by atoms with Crippen LogP contribution >= 0.6 is 12.2 Å². The number of amides is 2. The van der Waals surface area contributed by atoms with E-state index in [1.54, 1.807) is 29.7 Å². The van der Waals surface area contributed by atoms with Crippen molar-refractivity contribution in [3.8, 4) is 11.8 Å². The van der Waals surface area contributed by atoms with Crippen LogP contribution < -0.4 is 14.5 Å². The quantitative estimate of drug-likeness (QED) is 0.300. The summed E-state index contributed by atoms with van der Waals surface area (Å²) in [5.74, 6) is 0.133. The second kappa shape index (κ2) is 13.5. The highest BCUT2D eigenvalue weighted by atomic mass is 32.1. The van der Waals surface area contributed by atoms with Crippen LogP contribution in [0.5, 0.6) is 5.75 Å². The Balaban J connectivity index is 1.51. The number of thiocarbonyl (C=S) groups is 1. The maximum atomic E-state index is 13.7. The molecule has 2 amide bonds. The second-order valence-corrected chi connectivity index (χ2v) is 14.3. The van der Waals surface area contributed by atoms with Gasteiger partial charge in [-0.15, -0.1) is 0 Å². The number of hydrogen-bond acceptors (Lipinski definition) is 8. The van der Waals surface area contributed by atoms with Crippen molar-refractivity contribution in [3.05, 3.63) is 47.3 Å². The van der Waals surface area contributed by atoms with E-state index in [2.05, 4.69) is 9.88 Å². The molecule has 0 aliphatic carbocycles. The zero-order valence-corrected chi connectivity index (χ0v) is 29.6. The third-order valence-electron chi connectivity index (χ3n) is 8.34. The third-order valence-corrected chi connectivity index (χ3v) is 8.70. The molecule has 1 aromatic heterocycles. The van der Waals surface area contributed by atoms with Gasteiger partial charge in [-0.1, -0.05) is 6.92 Å². The van der Waals surface area contributed by atoms with Gasteiger partial charge in [0.2, 0.25) is 0 Å². The fourth-order valence-electron chi connectivity index (χ4n) is 6.31. The molecule has 0 N–H and O–H groups in total. The molecule has 14 heteroatoms. The molecule has 260 valence electrons. The Morgan fingerprint density at radius 2 is 1.77 bits per heavy atom. The third kappa shape index (κ3) is 7.52. The van der Waals surface area contributed by atoms with Gasteiger partial charge in [0.05, 0.1) is 17.4 Å². The number of pyridine rings is 1. The molecule has 10 nitrogen and oxygen atoms in total. The molecule has 2 aliphatic heterocycles. The summed E-state index contributed by atoms with van der Waals surface area (Å²) in [5.41, 5.74) is -2.57. The van der Waals surface area contributed by atoms with Gasteiger partial charge in [0.25, 0.3) is 5.91 Å². The first-order valence-electron chi connectivity index (χ1n) is 15.9. The minimum absolute atomic E-state index is 0.0116. The number of ether oxygens (including phenoxy) is 2. The molecular formula is C34H43F3N6O4S. The van der Waals surface area contributed by atoms with Gasteiger partial charge >= 0.3 is 12.3 Å². The fourth-order valence-corrected chi connectivity index (χ4v) is 6.83. The van der Waals surface area contributed by atoms with Crippen molar-refractivity contribution < 1.29 is 32.2 Å². The van der Waals surface area contributed by atoms with Crippen LogP contribution in [0.3, 0.4) is 0 Å². The fraction of sp³-hybridized carbons (Fsp3) is 0.559. The van der Waals surface area contributed by atoms with Gasteiger partial charge in [-0.25, -0.2) is 9.78 Å². The first kappa shape index (κ1) is 36.9. The lowest BCUT2D eigenvalue weighted by Gasteiger charge is -2.45. The molecule has 3 atom stereocenters. The number of anilines is 2. The SMILES string of the molecule is CCc1cc(N2C(=S)N(c3cnc(C#N)c(C(F)(F)F)c3)C(=O)C2(C)C)ccc1O[C@@H](C)CN1C[C@@H](C)N(C(=O)OC(C)(C)C)[C@H](C)C1. The summed E-state index contributed by atoms with van der Waals surface area (Å²) in [6.07, 6.45) is -3.70. The van der Waals surface area contributed by atoms with Crippen LogP contribution in [0.4, 0.5) is 29.3 Å². The Hall–Kier alpha value is -3.96. The maximum absolute atomic E-state index is 13.7. The van der Waals surface area contributed by atoms with Crippen LogP contribution in [0.15, 0.2) is 30.5 Å². The van der Waals surface area contributed by atoms with Crippen molar-refractivity contribution in [1.29, 1.82) is 5.26 Å². The van der Waals surface area contributed by atoms with E-state index in [-0.39, 0.29) is 35.1 Å². The van der Waals surface area contributed by atoms with Gasteiger partial charge in [-0.3, -0.25) is 14.6 Å². The standard InChI is InChI=1S/C34H43F3N6O4S/c1-10-23-13-24(43-30(48)42(29(44)33(43,8)9)25-14-26(34(35,36)37)27(15-38)39-16-25)11-12-28(23)46-22(4)19-40-17-20(2)41(21(3)18-40)31(45)47-32(5,6)7/h11-14,16,20-22H,10,17-19H2,1-9H3/t20-,21-,22+/m1/s1. The van der Waals surface area contributed by atoms with E-state index < -0.39 is 34.5 Å². The molecule has 1 aromatic carbocycles. The molecule has 2 aliphatic rings. The summed E-state index contributed by atoms with van der Waals surface area (Å²) >= 11 is 5.68. The molecule has 0 radical (unpaired) electrons. The molecule has 0 unspecified atom stereocenters. The van der Waals surface area contributed by atoms with Gasteiger partial charge in [0.15, 0.2) is 10.8 Å². The predicted octanol–water partition coefficient (Wildman–Crippen LogP) is 6.55. The van der Waals surface area contributed by atoms with Gasteiger partial charge in [0, 0.05) is 37.4 Å². The van der Waals surface area contributed by atoms with Crippen molar-refractivity contribution >= 4 is 40.7 Å². The molecule has 2 fully saturated rings. The van der Waals surface area contributed by atoms with Gasteiger partial charge in [-0.05, 0) is 104 Å². The smallest absolute Gasteiger partial charge is 0.419 e. The number of aryl methyl sites for hydroxylation is 1. The highest BCUT2D eigenvalue weighted by molar-refractivity contribution is 7.81. The molecule has 3 heterocycles. The summed E-state index contributed by atoms with van der Waals surface area (Å²) in [4.78, 5) is 36.8. The molecule has 0 saturated carbocycles. The van der Waals surface area contributed by atoms with Crippen LogP contribution in [-0.2, 0) is 22.1 Å². The molecule has 0 spiro atoms. The van der Waals surface area contributed by atoms with E-state index in [1.165, 1.54) is 6.07 Å². The average molecular weight is 689 g/mol. The topological polar surface area (TPSA) is 102 Å². The summed E-state index contributed by atoms with van der Waals surface area (Å²) in [5, 5.41) is 9.14. The van der Waals surface area contributed by atoms with Crippen molar-refractivity contribution in [1.82, 2.24) is 14.8 Å². The lowest BCUT2D eigenvalue weighted by Crippen LogP contribution is -2.60. The minimum Gasteiger partial charge on any atom is -0.489 e. The molecule has 4 rings (SSSR count). The number of carbonyl (C=O) groups excluding carboxylic acids is 2. The van der Waals surface area contributed by atoms with Gasteiger partial charge in [-0.2, -0.15) is 18.4 Å². The number of aromatic nitrogens is 1. The number of nitrogens with zero attached hydrogens (tertiary/aromatic N) is 6. The number of halogens is 3. The van der Waals surface area contributed by atoms with Crippen molar-refractivity contribution in [2.75, 3.05) is 29.4 Å². The van der Waals surface area contributed by atoms with E-state index in [4.69, 9.17) is 27.0 Å². The molecule has 48 heavy (non-hydrogen) atoms. The van der Waals surface area contributed by atoms with E-state index in [0.29, 0.717) is 37.5 Å². The summed E-state index contributed by atoms with van der Waals surface area (Å²) in [7, 11) is 0. The number of carbonyl (C=O) groups is 2. The average Bonchev–Trinajstić information content (AvgIpc) is 3.13. The highest BCUT2D eigenvalue weighted by Crippen LogP contribution is 2.40. The lowest BCUT2D eigenvalue weighted by molar-refractivity contribution is -0.138. The van der Waals surface area contributed by atoms with Crippen molar-refractivity contribution in [2.45, 2.75) is 104 Å². The first-order chi connectivity index (χ1) is 22.2. The second-order valence-electron chi connectivity index (χ2n) is 13.9. The summed E-state index contributed by atoms with van der Waals surface area (Å²) in [6, 6.07) is 7.54. The highest BCUT2D eigenvalue weighted by Gasteiger charge is 2.51. The normalized spacial score (nSPS) is 20.9. The van der Waals surface area contributed by atoms with E-state index in [9.17, 15) is 22.8 Å². The Morgan fingerprint density at radius 1 is 1.15 bits per heavy atom. The Kier molecular flexibility index (Phi) is 10.4. The van der Waals surface area contributed by atoms with Gasteiger partial charge in [0.1, 0.15) is 29.1 Å². The number of hydrogen-bond donors (Lipinski definition) is 0. The Labute approximate surface area is 285 Å². The lowest BCUT2D eigenvalue weighted by atomic mass is 10.0. The summed E-state index contributed by atoms with van der Waals surface area (Å²) in [6.45, 7) is 18.8.